The highest BCUT2D eigenvalue weighted by atomic mass is 32.2. The van der Waals surface area contributed by atoms with Gasteiger partial charge in [0.1, 0.15) is 11.5 Å². The van der Waals surface area contributed by atoms with Gasteiger partial charge in [-0.2, -0.15) is 11.8 Å². The van der Waals surface area contributed by atoms with E-state index in [4.69, 9.17) is 9.47 Å². The molecule has 0 heterocycles. The van der Waals surface area contributed by atoms with Crippen LogP contribution in [0.4, 0.5) is 0 Å². The topological polar surface area (TPSA) is 38.7 Å². The molecule has 0 aliphatic heterocycles. The number of rotatable bonds is 7. The summed E-state index contributed by atoms with van der Waals surface area (Å²) in [5, 5.41) is 10.1. The van der Waals surface area contributed by atoms with Gasteiger partial charge in [-0.1, -0.05) is 6.92 Å². The van der Waals surface area contributed by atoms with Gasteiger partial charge in [0.05, 0.1) is 20.3 Å². The van der Waals surface area contributed by atoms with E-state index in [1.165, 1.54) is 0 Å². The lowest BCUT2D eigenvalue weighted by Gasteiger charge is -2.15. The van der Waals surface area contributed by atoms with E-state index in [9.17, 15) is 5.11 Å². The first kappa shape index (κ1) is 14.2. The van der Waals surface area contributed by atoms with Gasteiger partial charge in [-0.05, 0) is 36.1 Å². The lowest BCUT2D eigenvalue weighted by Crippen LogP contribution is -2.02. The summed E-state index contributed by atoms with van der Waals surface area (Å²) in [6.07, 6.45) is 0.223. The highest BCUT2D eigenvalue weighted by Crippen LogP contribution is 2.31. The summed E-state index contributed by atoms with van der Waals surface area (Å²) in [6.45, 7) is 2.11. The van der Waals surface area contributed by atoms with E-state index < -0.39 is 6.10 Å². The Bertz CT molecular complexity index is 341. The van der Waals surface area contributed by atoms with Gasteiger partial charge in [0.25, 0.3) is 0 Å². The molecule has 1 aromatic carbocycles. The zero-order valence-electron chi connectivity index (χ0n) is 10.6. The van der Waals surface area contributed by atoms with Crippen LogP contribution in [0.5, 0.6) is 11.5 Å². The van der Waals surface area contributed by atoms with Gasteiger partial charge in [0.2, 0.25) is 0 Å². The van der Waals surface area contributed by atoms with E-state index in [0.29, 0.717) is 5.75 Å². The Morgan fingerprint density at radius 2 is 2.06 bits per heavy atom. The van der Waals surface area contributed by atoms with Gasteiger partial charge >= 0.3 is 0 Å². The summed E-state index contributed by atoms with van der Waals surface area (Å²) in [4.78, 5) is 0. The Balaban J connectivity index is 2.78. The van der Waals surface area contributed by atoms with Crippen molar-refractivity contribution in [1.29, 1.82) is 0 Å². The van der Waals surface area contributed by atoms with Crippen molar-refractivity contribution in [1.82, 2.24) is 0 Å². The van der Waals surface area contributed by atoms with Crippen LogP contribution in [0.1, 0.15) is 25.0 Å². The first-order chi connectivity index (χ1) is 8.22. The van der Waals surface area contributed by atoms with E-state index in [1.54, 1.807) is 14.2 Å². The van der Waals surface area contributed by atoms with E-state index in [1.807, 2.05) is 30.0 Å². The van der Waals surface area contributed by atoms with Crippen LogP contribution in [0.25, 0.3) is 0 Å². The molecule has 4 heteroatoms. The molecule has 0 radical (unpaired) electrons. The average molecular weight is 256 g/mol. The SMILES string of the molecule is CCSCCC(O)c1cc(OC)ccc1OC. The molecule has 1 aromatic rings. The van der Waals surface area contributed by atoms with Crippen molar-refractivity contribution in [2.75, 3.05) is 25.7 Å². The molecule has 0 saturated carbocycles. The molecule has 1 rings (SSSR count). The highest BCUT2D eigenvalue weighted by Gasteiger charge is 2.14. The molecule has 1 unspecified atom stereocenters. The summed E-state index contributed by atoms with van der Waals surface area (Å²) in [5.74, 6) is 3.46. The Morgan fingerprint density at radius 1 is 1.29 bits per heavy atom. The molecule has 1 atom stereocenters. The molecule has 0 aliphatic carbocycles. The number of hydrogen-bond acceptors (Lipinski definition) is 4. The standard InChI is InChI=1S/C13H20O3S/c1-4-17-8-7-12(14)11-9-10(15-2)5-6-13(11)16-3/h5-6,9,12,14H,4,7-8H2,1-3H3. The van der Waals surface area contributed by atoms with E-state index in [0.717, 1.165) is 29.2 Å². The third-order valence-electron chi connectivity index (χ3n) is 2.54. The number of methoxy groups -OCH3 is 2. The minimum atomic E-state index is -0.501. The zero-order chi connectivity index (χ0) is 12.7. The van der Waals surface area contributed by atoms with Crippen molar-refractivity contribution in [3.8, 4) is 11.5 Å². The van der Waals surface area contributed by atoms with Gasteiger partial charge in [-0.25, -0.2) is 0 Å². The van der Waals surface area contributed by atoms with E-state index >= 15 is 0 Å². The lowest BCUT2D eigenvalue weighted by atomic mass is 10.1. The molecule has 96 valence electrons. The number of thioether (sulfide) groups is 1. The summed E-state index contributed by atoms with van der Waals surface area (Å²) in [7, 11) is 3.23. The summed E-state index contributed by atoms with van der Waals surface area (Å²) < 4.78 is 10.4. The third-order valence-corrected chi connectivity index (χ3v) is 3.47. The van der Waals surface area contributed by atoms with Crippen LogP contribution >= 0.6 is 11.8 Å². The minimum Gasteiger partial charge on any atom is -0.497 e. The van der Waals surface area contributed by atoms with Gasteiger partial charge < -0.3 is 14.6 Å². The van der Waals surface area contributed by atoms with Crippen LogP contribution in [-0.2, 0) is 0 Å². The second-order valence-corrected chi connectivity index (χ2v) is 5.00. The zero-order valence-corrected chi connectivity index (χ0v) is 11.4. The van der Waals surface area contributed by atoms with Crippen LogP contribution in [0.15, 0.2) is 18.2 Å². The summed E-state index contributed by atoms with van der Waals surface area (Å²) in [6, 6.07) is 5.49. The molecular weight excluding hydrogens is 236 g/mol. The maximum absolute atomic E-state index is 10.1. The maximum Gasteiger partial charge on any atom is 0.124 e. The Kier molecular flexibility index (Phi) is 6.22. The fourth-order valence-electron chi connectivity index (χ4n) is 1.59. The molecular formula is C13H20O3S. The first-order valence-corrected chi connectivity index (χ1v) is 6.86. The molecule has 0 amide bonds. The quantitative estimate of drug-likeness (QED) is 0.761. The maximum atomic E-state index is 10.1. The minimum absolute atomic E-state index is 0.501. The van der Waals surface area contributed by atoms with Crippen molar-refractivity contribution in [3.63, 3.8) is 0 Å². The molecule has 0 saturated heterocycles. The van der Waals surface area contributed by atoms with Crippen molar-refractivity contribution in [3.05, 3.63) is 23.8 Å². The third kappa shape index (κ3) is 4.13. The molecule has 0 aromatic heterocycles. The Hall–Kier alpha value is -0.870. The summed E-state index contributed by atoms with van der Waals surface area (Å²) in [5.41, 5.74) is 0.795. The monoisotopic (exact) mass is 256 g/mol. The van der Waals surface area contributed by atoms with Crippen molar-refractivity contribution in [2.45, 2.75) is 19.4 Å². The molecule has 1 N–H and O–H groups in total. The predicted molar refractivity (Wildman–Crippen MR) is 72.1 cm³/mol. The van der Waals surface area contributed by atoms with Crippen LogP contribution in [-0.4, -0.2) is 30.8 Å². The number of aliphatic hydroxyl groups excluding tert-OH is 1. The van der Waals surface area contributed by atoms with Gasteiger partial charge in [0.15, 0.2) is 0 Å². The van der Waals surface area contributed by atoms with Crippen molar-refractivity contribution < 1.29 is 14.6 Å². The van der Waals surface area contributed by atoms with Crippen LogP contribution in [0.3, 0.4) is 0 Å². The van der Waals surface area contributed by atoms with Crippen LogP contribution in [0, 0.1) is 0 Å². The largest absolute Gasteiger partial charge is 0.497 e. The second-order valence-electron chi connectivity index (χ2n) is 3.61. The van der Waals surface area contributed by atoms with Crippen molar-refractivity contribution in [2.24, 2.45) is 0 Å². The molecule has 17 heavy (non-hydrogen) atoms. The summed E-state index contributed by atoms with van der Waals surface area (Å²) >= 11 is 1.82. The normalized spacial score (nSPS) is 12.2. The van der Waals surface area contributed by atoms with Crippen molar-refractivity contribution >= 4 is 11.8 Å². The predicted octanol–water partition coefficient (Wildman–Crippen LogP) is 2.88. The molecule has 0 bridgehead atoms. The fourth-order valence-corrected chi connectivity index (χ4v) is 2.27. The Morgan fingerprint density at radius 3 is 2.65 bits per heavy atom. The van der Waals surface area contributed by atoms with E-state index in [2.05, 4.69) is 6.92 Å². The smallest absolute Gasteiger partial charge is 0.124 e. The second kappa shape index (κ2) is 7.45. The highest BCUT2D eigenvalue weighted by molar-refractivity contribution is 7.99. The first-order valence-electron chi connectivity index (χ1n) is 5.70. The van der Waals surface area contributed by atoms with Gasteiger partial charge in [-0.3, -0.25) is 0 Å². The van der Waals surface area contributed by atoms with Gasteiger partial charge in [-0.15, -0.1) is 0 Å². The van der Waals surface area contributed by atoms with Crippen LogP contribution < -0.4 is 9.47 Å². The number of benzene rings is 1. The molecule has 0 fully saturated rings. The molecule has 0 spiro atoms. The van der Waals surface area contributed by atoms with E-state index in [-0.39, 0.29) is 0 Å². The van der Waals surface area contributed by atoms with Gasteiger partial charge in [0, 0.05) is 5.56 Å². The Labute approximate surface area is 107 Å². The number of ether oxygens (including phenoxy) is 2. The fraction of sp³-hybridized carbons (Fsp3) is 0.538. The number of hydrogen-bond donors (Lipinski definition) is 1. The number of aliphatic hydroxyl groups is 1. The molecule has 0 aliphatic rings. The van der Waals surface area contributed by atoms with Crippen LogP contribution in [0.2, 0.25) is 0 Å². The average Bonchev–Trinajstić information content (AvgIpc) is 2.38. The molecule has 3 nitrogen and oxygen atoms in total. The lowest BCUT2D eigenvalue weighted by molar-refractivity contribution is 0.170.